The molecule has 0 unspecified atom stereocenters. The molecule has 0 atom stereocenters. The summed E-state index contributed by atoms with van der Waals surface area (Å²) in [7, 11) is 1.82. The summed E-state index contributed by atoms with van der Waals surface area (Å²) in [5, 5.41) is 4.82. The van der Waals surface area contributed by atoms with Crippen LogP contribution in [0.4, 0.5) is 14.5 Å². The van der Waals surface area contributed by atoms with E-state index in [-0.39, 0.29) is 18.1 Å². The highest BCUT2D eigenvalue weighted by molar-refractivity contribution is 5.92. The van der Waals surface area contributed by atoms with Crippen molar-refractivity contribution < 1.29 is 13.6 Å². The van der Waals surface area contributed by atoms with Crippen LogP contribution < -0.4 is 5.32 Å². The molecule has 5 heteroatoms. The minimum atomic E-state index is -0.722. The standard InChI is InChI=1S/C20H18F2N2O/c1-24(12-14-6-7-15-4-2-3-5-16(15)8-14)13-20(25)23-19-10-17(21)9-18(22)11-19/h2-11H,12-13H2,1H3,(H,23,25). The van der Waals surface area contributed by atoms with Crippen molar-refractivity contribution in [2.24, 2.45) is 0 Å². The Kier molecular flexibility index (Phi) is 5.05. The second-order valence-corrected chi connectivity index (χ2v) is 6.06. The van der Waals surface area contributed by atoms with Crippen LogP contribution >= 0.6 is 0 Å². The summed E-state index contributed by atoms with van der Waals surface area (Å²) in [6.45, 7) is 0.709. The number of nitrogens with one attached hydrogen (secondary N) is 1. The van der Waals surface area contributed by atoms with E-state index in [9.17, 15) is 13.6 Å². The highest BCUT2D eigenvalue weighted by atomic mass is 19.1. The van der Waals surface area contributed by atoms with Gasteiger partial charge >= 0.3 is 0 Å². The van der Waals surface area contributed by atoms with Gasteiger partial charge < -0.3 is 5.32 Å². The monoisotopic (exact) mass is 340 g/mol. The van der Waals surface area contributed by atoms with Gasteiger partial charge in [-0.15, -0.1) is 0 Å². The maximum Gasteiger partial charge on any atom is 0.238 e. The SMILES string of the molecule is CN(CC(=O)Nc1cc(F)cc(F)c1)Cc1ccc2ccccc2c1. The molecule has 0 saturated carbocycles. The number of fused-ring (bicyclic) bond motifs is 1. The van der Waals surface area contributed by atoms with E-state index in [1.807, 2.05) is 48.3 Å². The average Bonchev–Trinajstić information content (AvgIpc) is 2.53. The first-order chi connectivity index (χ1) is 12.0. The normalized spacial score (nSPS) is 11.0. The summed E-state index contributed by atoms with van der Waals surface area (Å²) in [4.78, 5) is 13.9. The number of halogens is 2. The van der Waals surface area contributed by atoms with Crippen LogP contribution in [-0.4, -0.2) is 24.4 Å². The molecule has 3 rings (SSSR count). The van der Waals surface area contributed by atoms with Crippen molar-refractivity contribution in [3.05, 3.63) is 77.9 Å². The van der Waals surface area contributed by atoms with Crippen LogP contribution in [-0.2, 0) is 11.3 Å². The fourth-order valence-electron chi connectivity index (χ4n) is 2.78. The van der Waals surface area contributed by atoms with Gasteiger partial charge in [0.15, 0.2) is 0 Å². The largest absolute Gasteiger partial charge is 0.325 e. The Hall–Kier alpha value is -2.79. The van der Waals surface area contributed by atoms with Gasteiger partial charge in [-0.25, -0.2) is 8.78 Å². The zero-order chi connectivity index (χ0) is 17.8. The van der Waals surface area contributed by atoms with Crippen molar-refractivity contribution in [1.29, 1.82) is 0 Å². The summed E-state index contributed by atoms with van der Waals surface area (Å²) in [5.74, 6) is -1.77. The molecule has 0 bridgehead atoms. The van der Waals surface area contributed by atoms with Gasteiger partial charge in [0.2, 0.25) is 5.91 Å². The number of rotatable bonds is 5. The van der Waals surface area contributed by atoms with Crippen molar-refractivity contribution in [2.45, 2.75) is 6.54 Å². The predicted molar refractivity (Wildman–Crippen MR) is 95.3 cm³/mol. The van der Waals surface area contributed by atoms with E-state index in [1.165, 1.54) is 5.39 Å². The summed E-state index contributed by atoms with van der Waals surface area (Å²) in [6.07, 6.45) is 0. The minimum Gasteiger partial charge on any atom is -0.325 e. The second kappa shape index (κ2) is 7.40. The highest BCUT2D eigenvalue weighted by Crippen LogP contribution is 2.17. The Morgan fingerprint density at radius 1 is 0.960 bits per heavy atom. The third-order valence-corrected chi connectivity index (χ3v) is 3.83. The van der Waals surface area contributed by atoms with Crippen LogP contribution in [0.3, 0.4) is 0 Å². The molecule has 0 aliphatic carbocycles. The molecule has 0 aliphatic rings. The first-order valence-electron chi connectivity index (χ1n) is 7.92. The number of carbonyl (C=O) groups excluding carboxylic acids is 1. The van der Waals surface area contributed by atoms with Crippen LogP contribution in [0.2, 0.25) is 0 Å². The fourth-order valence-corrected chi connectivity index (χ4v) is 2.78. The van der Waals surface area contributed by atoms with Crippen molar-refractivity contribution in [2.75, 3.05) is 18.9 Å². The van der Waals surface area contributed by atoms with E-state index in [2.05, 4.69) is 11.4 Å². The van der Waals surface area contributed by atoms with Crippen LogP contribution in [0.5, 0.6) is 0 Å². The second-order valence-electron chi connectivity index (χ2n) is 6.06. The lowest BCUT2D eigenvalue weighted by atomic mass is 10.1. The average molecular weight is 340 g/mol. The molecule has 3 aromatic carbocycles. The lowest BCUT2D eigenvalue weighted by Crippen LogP contribution is -2.29. The van der Waals surface area contributed by atoms with Gasteiger partial charge in [0.25, 0.3) is 0 Å². The molecule has 3 aromatic rings. The van der Waals surface area contributed by atoms with Gasteiger partial charge in [0.05, 0.1) is 6.54 Å². The maximum atomic E-state index is 13.2. The van der Waals surface area contributed by atoms with Gasteiger partial charge in [-0.05, 0) is 41.6 Å². The Morgan fingerprint density at radius 3 is 2.36 bits per heavy atom. The maximum absolute atomic E-state index is 13.2. The summed E-state index contributed by atoms with van der Waals surface area (Å²) in [5.41, 5.74) is 1.20. The van der Waals surface area contributed by atoms with Gasteiger partial charge in [0.1, 0.15) is 11.6 Å². The first kappa shape index (κ1) is 17.0. The van der Waals surface area contributed by atoms with E-state index in [0.29, 0.717) is 6.54 Å². The van der Waals surface area contributed by atoms with Crippen LogP contribution in [0.25, 0.3) is 10.8 Å². The molecule has 0 saturated heterocycles. The highest BCUT2D eigenvalue weighted by Gasteiger charge is 2.09. The lowest BCUT2D eigenvalue weighted by Gasteiger charge is -2.17. The van der Waals surface area contributed by atoms with E-state index in [1.54, 1.807) is 0 Å². The van der Waals surface area contributed by atoms with Gasteiger partial charge in [-0.3, -0.25) is 9.69 Å². The lowest BCUT2D eigenvalue weighted by molar-refractivity contribution is -0.117. The number of nitrogens with zero attached hydrogens (tertiary/aromatic N) is 1. The van der Waals surface area contributed by atoms with Gasteiger partial charge in [-0.1, -0.05) is 36.4 Å². The predicted octanol–water partition coefficient (Wildman–Crippen LogP) is 4.19. The molecule has 0 heterocycles. The molecule has 0 aliphatic heterocycles. The van der Waals surface area contributed by atoms with Crippen molar-refractivity contribution in [1.82, 2.24) is 4.90 Å². The molecule has 0 fully saturated rings. The Morgan fingerprint density at radius 2 is 1.64 bits per heavy atom. The topological polar surface area (TPSA) is 32.3 Å². The minimum absolute atomic E-state index is 0.113. The van der Waals surface area contributed by atoms with Gasteiger partial charge in [0, 0.05) is 18.3 Å². The van der Waals surface area contributed by atoms with Crippen molar-refractivity contribution >= 4 is 22.4 Å². The molecule has 0 radical (unpaired) electrons. The van der Waals surface area contributed by atoms with E-state index < -0.39 is 11.6 Å². The quantitative estimate of drug-likeness (QED) is 0.755. The number of hydrogen-bond acceptors (Lipinski definition) is 2. The molecule has 1 amide bonds. The Balaban J connectivity index is 1.60. The Labute approximate surface area is 144 Å². The van der Waals surface area contributed by atoms with Crippen LogP contribution in [0.1, 0.15) is 5.56 Å². The Bertz CT molecular complexity index is 891. The molecule has 128 valence electrons. The van der Waals surface area contributed by atoms with Crippen molar-refractivity contribution in [3.8, 4) is 0 Å². The number of carbonyl (C=O) groups is 1. The number of hydrogen-bond donors (Lipinski definition) is 1. The fraction of sp³-hybridized carbons (Fsp3) is 0.150. The number of likely N-dealkylation sites (N-methyl/N-ethyl adjacent to an activating group) is 1. The number of amides is 1. The third-order valence-electron chi connectivity index (χ3n) is 3.83. The third kappa shape index (κ3) is 4.61. The zero-order valence-corrected chi connectivity index (χ0v) is 13.8. The van der Waals surface area contributed by atoms with Crippen molar-refractivity contribution in [3.63, 3.8) is 0 Å². The van der Waals surface area contributed by atoms with Crippen LogP contribution in [0.15, 0.2) is 60.7 Å². The molecule has 0 spiro atoms. The molecular weight excluding hydrogens is 322 g/mol. The van der Waals surface area contributed by atoms with E-state index >= 15 is 0 Å². The summed E-state index contributed by atoms with van der Waals surface area (Å²) >= 11 is 0. The number of anilines is 1. The smallest absolute Gasteiger partial charge is 0.238 e. The number of benzene rings is 3. The summed E-state index contributed by atoms with van der Waals surface area (Å²) in [6, 6.07) is 17.2. The zero-order valence-electron chi connectivity index (χ0n) is 13.8. The van der Waals surface area contributed by atoms with Gasteiger partial charge in [-0.2, -0.15) is 0 Å². The molecule has 1 N–H and O–H groups in total. The molecule has 0 aromatic heterocycles. The molecular formula is C20H18F2N2O. The molecule has 3 nitrogen and oxygen atoms in total. The van der Waals surface area contributed by atoms with E-state index in [4.69, 9.17) is 0 Å². The summed E-state index contributed by atoms with van der Waals surface area (Å²) < 4.78 is 26.3. The first-order valence-corrected chi connectivity index (χ1v) is 7.92. The van der Waals surface area contributed by atoms with Crippen LogP contribution in [0, 0.1) is 11.6 Å². The molecule has 25 heavy (non-hydrogen) atoms. The van der Waals surface area contributed by atoms with E-state index in [0.717, 1.165) is 29.1 Å².